The van der Waals surface area contributed by atoms with Crippen molar-refractivity contribution >= 4 is 63.3 Å². The Balaban J connectivity index is 0.845. The molecule has 2 fully saturated rings. The molecule has 19 heteroatoms. The van der Waals surface area contributed by atoms with Crippen molar-refractivity contribution in [1.82, 2.24) is 39.6 Å². The number of carbonyl (C=O) groups excluding carboxylic acids is 6. The highest BCUT2D eigenvalue weighted by Gasteiger charge is 2.41. The summed E-state index contributed by atoms with van der Waals surface area (Å²) in [6.45, 7) is 6.29. The number of rotatable bonds is 22. The lowest BCUT2D eigenvalue weighted by molar-refractivity contribution is -0.141. The number of ketones is 2. The van der Waals surface area contributed by atoms with Gasteiger partial charge in [-0.2, -0.15) is 0 Å². The van der Waals surface area contributed by atoms with Crippen molar-refractivity contribution in [3.63, 3.8) is 0 Å². The predicted molar refractivity (Wildman–Crippen MR) is 298 cm³/mol. The van der Waals surface area contributed by atoms with E-state index in [9.17, 15) is 28.8 Å². The van der Waals surface area contributed by atoms with Gasteiger partial charge in [0.2, 0.25) is 23.6 Å². The highest BCUT2D eigenvalue weighted by Crippen LogP contribution is 2.34. The largest absolute Gasteiger partial charge is 0.481 e. The lowest BCUT2D eigenvalue weighted by Gasteiger charge is -2.29. The molecule has 4 aromatic carbocycles. The summed E-state index contributed by atoms with van der Waals surface area (Å²) in [5, 5.41) is 17.9. The molecule has 0 aliphatic carbocycles. The molecule has 8 rings (SSSR count). The Morgan fingerprint density at radius 2 is 1.24 bits per heavy atom. The molecule has 78 heavy (non-hydrogen) atoms. The number of Topliss-reactive ketones (excluding diaryl/α,β-unsaturated/α-hetero) is 2. The number of nitrogens with zero attached hydrogens (tertiary/aromatic N) is 6. The van der Waals surface area contributed by atoms with Crippen molar-refractivity contribution in [2.45, 2.75) is 95.8 Å². The first-order valence-electron chi connectivity index (χ1n) is 26.0. The van der Waals surface area contributed by atoms with Crippen molar-refractivity contribution in [2.75, 3.05) is 38.7 Å². The minimum atomic E-state index is -1.02. The number of benzene rings is 4. The van der Waals surface area contributed by atoms with Crippen LogP contribution in [0.5, 0.6) is 11.5 Å². The molecule has 2 aliphatic rings. The first-order valence-corrected chi connectivity index (χ1v) is 27.6. The van der Waals surface area contributed by atoms with Gasteiger partial charge in [0, 0.05) is 54.5 Å². The molecular weight excluding hydrogens is 1030 g/mol. The van der Waals surface area contributed by atoms with Gasteiger partial charge >= 0.3 is 0 Å². The van der Waals surface area contributed by atoms with Gasteiger partial charge in [-0.05, 0) is 117 Å². The lowest BCUT2D eigenvalue weighted by atomic mass is 9.90. The average molecular weight is 1090 g/mol. The number of hydrogen-bond donors (Lipinski definition) is 3. The van der Waals surface area contributed by atoms with Crippen LogP contribution in [0.3, 0.4) is 0 Å². The van der Waals surface area contributed by atoms with Crippen LogP contribution in [0.25, 0.3) is 22.5 Å². The van der Waals surface area contributed by atoms with Crippen LogP contribution in [0.2, 0.25) is 0 Å². The Kier molecular flexibility index (Phi) is 19.6. The van der Waals surface area contributed by atoms with Crippen molar-refractivity contribution in [3.05, 3.63) is 125 Å². The third-order valence-electron chi connectivity index (χ3n) is 14.0. The van der Waals surface area contributed by atoms with Gasteiger partial charge in [-0.15, -0.1) is 10.2 Å². The van der Waals surface area contributed by atoms with Crippen LogP contribution in [0.15, 0.2) is 109 Å². The lowest BCUT2D eigenvalue weighted by Crippen LogP contribution is -2.48. The second-order valence-corrected chi connectivity index (χ2v) is 20.6. The normalized spacial score (nSPS) is 16.3. The Hall–Kier alpha value is -8.10. The van der Waals surface area contributed by atoms with Crippen LogP contribution in [0, 0.1) is 29.6 Å². The summed E-state index contributed by atoms with van der Waals surface area (Å²) >= 11 is 2.25. The van der Waals surface area contributed by atoms with Gasteiger partial charge in [0.05, 0.1) is 22.9 Å². The van der Waals surface area contributed by atoms with Gasteiger partial charge in [-0.25, -0.2) is 0 Å². The third kappa shape index (κ3) is 14.1. The first kappa shape index (κ1) is 56.1. The molecule has 2 saturated heterocycles. The molecule has 402 valence electrons. The summed E-state index contributed by atoms with van der Waals surface area (Å²) in [6, 6.07) is 29.9. The van der Waals surface area contributed by atoms with Crippen molar-refractivity contribution in [1.29, 1.82) is 0 Å². The summed E-state index contributed by atoms with van der Waals surface area (Å²) in [4.78, 5) is 86.8. The molecule has 4 amide bonds. The van der Waals surface area contributed by atoms with E-state index in [1.165, 1.54) is 11.5 Å². The summed E-state index contributed by atoms with van der Waals surface area (Å²) in [6.07, 6.45) is 2.91. The topological polar surface area (TPSA) is 215 Å². The smallest absolute Gasteiger partial charge is 0.250 e. The van der Waals surface area contributed by atoms with E-state index >= 15 is 0 Å². The Labute approximate surface area is 462 Å². The van der Waals surface area contributed by atoms with Crippen molar-refractivity contribution in [3.8, 4) is 57.7 Å². The van der Waals surface area contributed by atoms with E-state index in [1.54, 1.807) is 72.3 Å². The standard InChI is InChI=1S/C59H61N9O8S2/c1-5-38(2)55(71)61-54(59(74)67-32-16-22-47(67)50(70)37-51-52(63-65-77-51)41-18-10-8-11-19-41)43-26-30-45(31-27-43)76-35-15-7-6-14-34-75-44-28-24-40(25-29-44)46(36-49(69)39(3)60-4)58(73)68-33-17-23-48(68)56(72)62-57-53(64-66-78-57)42-20-12-9-13-21-42/h8-13,18-21,24-31,38-39,46-48,54,60H,5,16-17,22-23,32-37H2,1-4H3,(H,61,71)(H,62,72)/t38-,39+,46+,47+,48+,54+/m1/s1. The molecule has 0 spiro atoms. The van der Waals surface area contributed by atoms with Crippen LogP contribution < -0.4 is 25.4 Å². The van der Waals surface area contributed by atoms with Gasteiger partial charge in [-0.1, -0.05) is 108 Å². The summed E-state index contributed by atoms with van der Waals surface area (Å²) < 4.78 is 19.9. The van der Waals surface area contributed by atoms with E-state index in [2.05, 4.69) is 58.8 Å². The average Bonchev–Trinajstić information content (AvgIpc) is 4.38. The van der Waals surface area contributed by atoms with Gasteiger partial charge < -0.3 is 35.2 Å². The highest BCUT2D eigenvalue weighted by atomic mass is 32.1. The van der Waals surface area contributed by atoms with E-state index in [4.69, 9.17) is 9.47 Å². The van der Waals surface area contributed by atoms with Crippen LogP contribution in [-0.2, 0) is 35.2 Å². The number of anilines is 1. The monoisotopic (exact) mass is 1090 g/mol. The number of amides is 4. The molecule has 2 aliphatic heterocycles. The number of aromatic nitrogens is 4. The van der Waals surface area contributed by atoms with Crippen molar-refractivity contribution < 1.29 is 38.2 Å². The quantitative estimate of drug-likeness (QED) is 0.0564. The Bertz CT molecular complexity index is 2970. The number of carbonyl (C=O) groups is 6. The molecule has 4 heterocycles. The SMILES string of the molecule is CC[C@@H](C)C(=O)N[C@H](C(=O)N1CCC[C@H]1C(=O)Cc1snnc1-c1ccccc1)c1ccc(OCC#CC#CCOc2ccc([C@H](CC(=O)[C@H](C)NC)C(=O)N3CCC[C@H]3C(=O)Nc3snnc3-c3ccccc3)cc2)cc1. The molecule has 6 atom stereocenters. The summed E-state index contributed by atoms with van der Waals surface area (Å²) in [5.74, 6) is 9.60. The number of likely N-dealkylation sites (N-methyl/N-ethyl adjacent to an activating group) is 1. The zero-order valence-electron chi connectivity index (χ0n) is 43.9. The van der Waals surface area contributed by atoms with E-state index in [0.717, 1.165) is 27.5 Å². The van der Waals surface area contributed by atoms with Gasteiger partial charge in [0.1, 0.15) is 53.2 Å². The second kappa shape index (κ2) is 27.3. The number of likely N-dealkylation sites (tertiary alicyclic amines) is 2. The van der Waals surface area contributed by atoms with E-state index in [1.807, 2.05) is 74.5 Å². The molecule has 3 N–H and O–H groups in total. The van der Waals surface area contributed by atoms with Crippen LogP contribution in [0.4, 0.5) is 5.00 Å². The highest BCUT2D eigenvalue weighted by molar-refractivity contribution is 7.10. The fraction of sp³-hybridized carbons (Fsp3) is 0.356. The molecule has 0 radical (unpaired) electrons. The minimum absolute atomic E-state index is 0.0272. The van der Waals surface area contributed by atoms with Gasteiger partial charge in [-0.3, -0.25) is 28.8 Å². The number of hydrogen-bond acceptors (Lipinski definition) is 15. The molecule has 0 unspecified atom stereocenters. The third-order valence-corrected chi connectivity index (χ3v) is 15.4. The maximum absolute atomic E-state index is 14.4. The molecule has 0 bridgehead atoms. The minimum Gasteiger partial charge on any atom is -0.481 e. The second-order valence-electron chi connectivity index (χ2n) is 19.0. The van der Waals surface area contributed by atoms with E-state index in [0.29, 0.717) is 84.2 Å². The van der Waals surface area contributed by atoms with Crippen LogP contribution in [-0.4, -0.2) is 116 Å². The Morgan fingerprint density at radius 1 is 0.692 bits per heavy atom. The molecule has 0 saturated carbocycles. The molecular formula is C59H61N9O8S2. The van der Waals surface area contributed by atoms with Crippen molar-refractivity contribution in [2.24, 2.45) is 5.92 Å². The van der Waals surface area contributed by atoms with E-state index < -0.39 is 30.1 Å². The molecule has 17 nitrogen and oxygen atoms in total. The maximum atomic E-state index is 14.4. The number of ether oxygens (including phenoxy) is 2. The van der Waals surface area contributed by atoms with Gasteiger partial charge in [0.25, 0.3) is 0 Å². The number of nitrogens with one attached hydrogen (secondary N) is 3. The summed E-state index contributed by atoms with van der Waals surface area (Å²) in [5.41, 5.74) is 4.06. The zero-order valence-corrected chi connectivity index (χ0v) is 45.5. The fourth-order valence-corrected chi connectivity index (χ4v) is 10.6. The maximum Gasteiger partial charge on any atom is 0.250 e. The molecule has 6 aromatic rings. The Morgan fingerprint density at radius 3 is 1.85 bits per heavy atom. The van der Waals surface area contributed by atoms with Crippen LogP contribution in [0.1, 0.15) is 87.3 Å². The fourth-order valence-electron chi connectivity index (χ4n) is 9.30. The van der Waals surface area contributed by atoms with Crippen LogP contribution >= 0.6 is 23.1 Å². The van der Waals surface area contributed by atoms with Gasteiger partial charge in [0.15, 0.2) is 11.6 Å². The first-order chi connectivity index (χ1) is 37.9. The zero-order chi connectivity index (χ0) is 55.0. The predicted octanol–water partition coefficient (Wildman–Crippen LogP) is 7.47. The summed E-state index contributed by atoms with van der Waals surface area (Å²) in [7, 11) is 1.69. The molecule has 2 aromatic heterocycles. The van der Waals surface area contributed by atoms with E-state index in [-0.39, 0.29) is 67.2 Å².